The molecular weight excluding hydrogens is 224 g/mol. The van der Waals surface area contributed by atoms with E-state index in [2.05, 4.69) is 41.4 Å². The summed E-state index contributed by atoms with van der Waals surface area (Å²) in [6.07, 6.45) is 4.54. The Morgan fingerprint density at radius 1 is 1.22 bits per heavy atom. The number of hydrogen-bond donors (Lipinski definition) is 2. The first-order valence-corrected chi connectivity index (χ1v) is 7.01. The molecule has 4 heteroatoms. The van der Waals surface area contributed by atoms with Crippen LogP contribution in [0.5, 0.6) is 0 Å². The quantitative estimate of drug-likeness (QED) is 0.812. The molecule has 1 aromatic heterocycles. The summed E-state index contributed by atoms with van der Waals surface area (Å²) in [7, 11) is 1.92. The Morgan fingerprint density at radius 3 is 2.50 bits per heavy atom. The van der Waals surface area contributed by atoms with Gasteiger partial charge in [-0.1, -0.05) is 20.3 Å². The van der Waals surface area contributed by atoms with E-state index >= 15 is 0 Å². The average Bonchev–Trinajstić information content (AvgIpc) is 3.12. The van der Waals surface area contributed by atoms with Gasteiger partial charge in [0.05, 0.1) is 0 Å². The molecule has 2 unspecified atom stereocenters. The Hall–Kier alpha value is -1.32. The van der Waals surface area contributed by atoms with Gasteiger partial charge in [0.1, 0.15) is 17.5 Å². The van der Waals surface area contributed by atoms with Crippen molar-refractivity contribution in [2.75, 3.05) is 17.7 Å². The number of nitrogens with one attached hydrogen (secondary N) is 2. The predicted molar refractivity (Wildman–Crippen MR) is 76.1 cm³/mol. The molecule has 0 amide bonds. The van der Waals surface area contributed by atoms with Crippen LogP contribution in [0.25, 0.3) is 0 Å². The van der Waals surface area contributed by atoms with Gasteiger partial charge in [-0.15, -0.1) is 0 Å². The van der Waals surface area contributed by atoms with Crippen molar-refractivity contribution in [3.63, 3.8) is 0 Å². The highest BCUT2D eigenvalue weighted by molar-refractivity contribution is 5.57. The van der Waals surface area contributed by atoms with Gasteiger partial charge in [-0.3, -0.25) is 0 Å². The van der Waals surface area contributed by atoms with Crippen molar-refractivity contribution in [2.45, 2.75) is 52.5 Å². The monoisotopic (exact) mass is 248 g/mol. The lowest BCUT2D eigenvalue weighted by Gasteiger charge is -2.13. The third kappa shape index (κ3) is 2.74. The van der Waals surface area contributed by atoms with E-state index in [1.165, 1.54) is 12.8 Å². The summed E-state index contributed by atoms with van der Waals surface area (Å²) in [6, 6.07) is 0.614. The molecule has 1 aliphatic carbocycles. The van der Waals surface area contributed by atoms with Crippen molar-refractivity contribution in [1.29, 1.82) is 0 Å². The fourth-order valence-electron chi connectivity index (χ4n) is 2.33. The molecule has 2 atom stereocenters. The van der Waals surface area contributed by atoms with Crippen LogP contribution in [0.4, 0.5) is 11.6 Å². The van der Waals surface area contributed by atoms with Gasteiger partial charge in [0.2, 0.25) is 0 Å². The zero-order valence-corrected chi connectivity index (χ0v) is 11.9. The van der Waals surface area contributed by atoms with E-state index < -0.39 is 0 Å². The van der Waals surface area contributed by atoms with Gasteiger partial charge in [0.25, 0.3) is 0 Å². The lowest BCUT2D eigenvalue weighted by atomic mass is 10.2. The Kier molecular flexibility index (Phi) is 4.04. The number of anilines is 2. The molecule has 4 nitrogen and oxygen atoms in total. The van der Waals surface area contributed by atoms with Gasteiger partial charge in [0.15, 0.2) is 0 Å². The van der Waals surface area contributed by atoms with Crippen LogP contribution in [0, 0.1) is 12.8 Å². The highest BCUT2D eigenvalue weighted by atomic mass is 15.1. The Bertz CT molecular complexity index is 417. The van der Waals surface area contributed by atoms with Gasteiger partial charge in [-0.05, 0) is 25.7 Å². The predicted octanol–water partition coefficient (Wildman–Crippen LogP) is 2.99. The van der Waals surface area contributed by atoms with E-state index in [1.54, 1.807) is 0 Å². The van der Waals surface area contributed by atoms with Crippen LogP contribution in [-0.2, 0) is 6.42 Å². The molecule has 100 valence electrons. The van der Waals surface area contributed by atoms with E-state index in [0.717, 1.165) is 41.8 Å². The Morgan fingerprint density at radius 2 is 1.94 bits per heavy atom. The van der Waals surface area contributed by atoms with Crippen LogP contribution >= 0.6 is 0 Å². The second kappa shape index (κ2) is 5.55. The number of aromatic nitrogens is 2. The smallest absolute Gasteiger partial charge is 0.135 e. The van der Waals surface area contributed by atoms with Crippen molar-refractivity contribution < 1.29 is 0 Å². The summed E-state index contributed by atoms with van der Waals surface area (Å²) in [5, 5.41) is 6.73. The maximum absolute atomic E-state index is 4.66. The van der Waals surface area contributed by atoms with Gasteiger partial charge in [-0.2, -0.15) is 0 Å². The maximum Gasteiger partial charge on any atom is 0.135 e. The second-order valence-electron chi connectivity index (χ2n) is 5.12. The fourth-order valence-corrected chi connectivity index (χ4v) is 2.33. The van der Waals surface area contributed by atoms with E-state index in [4.69, 9.17) is 0 Å². The number of nitrogens with zero attached hydrogens (tertiary/aromatic N) is 2. The molecule has 1 aliphatic rings. The minimum Gasteiger partial charge on any atom is -0.373 e. The van der Waals surface area contributed by atoms with Gasteiger partial charge >= 0.3 is 0 Å². The molecule has 1 fully saturated rings. The van der Waals surface area contributed by atoms with E-state index in [9.17, 15) is 0 Å². The third-order valence-electron chi connectivity index (χ3n) is 3.67. The van der Waals surface area contributed by atoms with E-state index in [0.29, 0.717) is 6.04 Å². The molecule has 2 rings (SSSR count). The molecule has 1 heterocycles. The van der Waals surface area contributed by atoms with Gasteiger partial charge in [-0.25, -0.2) is 9.97 Å². The first-order chi connectivity index (χ1) is 8.69. The van der Waals surface area contributed by atoms with Crippen molar-refractivity contribution >= 4 is 11.6 Å². The molecule has 2 N–H and O–H groups in total. The molecule has 0 aromatic carbocycles. The maximum atomic E-state index is 4.66. The highest BCUT2D eigenvalue weighted by Crippen LogP contribution is 2.36. The van der Waals surface area contributed by atoms with Crippen molar-refractivity contribution in [3.8, 4) is 0 Å². The second-order valence-corrected chi connectivity index (χ2v) is 5.12. The number of hydrogen-bond acceptors (Lipinski definition) is 4. The summed E-state index contributed by atoms with van der Waals surface area (Å²) in [5.74, 6) is 3.72. The van der Waals surface area contributed by atoms with Crippen molar-refractivity contribution in [2.24, 2.45) is 5.92 Å². The number of rotatable bonds is 6. The Labute approximate surface area is 110 Å². The van der Waals surface area contributed by atoms with Crippen LogP contribution in [-0.4, -0.2) is 23.1 Å². The third-order valence-corrected chi connectivity index (χ3v) is 3.67. The van der Waals surface area contributed by atoms with Crippen LogP contribution in [0.3, 0.4) is 0 Å². The Balaban J connectivity index is 2.18. The van der Waals surface area contributed by atoms with Crippen LogP contribution in [0.2, 0.25) is 0 Å². The van der Waals surface area contributed by atoms with Crippen molar-refractivity contribution in [3.05, 3.63) is 11.4 Å². The van der Waals surface area contributed by atoms with Gasteiger partial charge < -0.3 is 10.6 Å². The molecular formula is C14H24N4. The van der Waals surface area contributed by atoms with Crippen LogP contribution < -0.4 is 10.6 Å². The molecule has 18 heavy (non-hydrogen) atoms. The zero-order valence-electron chi connectivity index (χ0n) is 11.9. The first-order valence-electron chi connectivity index (χ1n) is 7.01. The minimum absolute atomic E-state index is 0.614. The normalized spacial score (nSPS) is 21.8. The van der Waals surface area contributed by atoms with E-state index in [1.807, 2.05) is 7.05 Å². The molecule has 1 aromatic rings. The van der Waals surface area contributed by atoms with Crippen LogP contribution in [0.15, 0.2) is 0 Å². The molecule has 0 radical (unpaired) electrons. The highest BCUT2D eigenvalue weighted by Gasteiger charge is 2.35. The van der Waals surface area contributed by atoms with Gasteiger partial charge in [0, 0.05) is 25.1 Å². The lowest BCUT2D eigenvalue weighted by Crippen LogP contribution is -2.12. The molecule has 0 bridgehead atoms. The fraction of sp³-hybridized carbons (Fsp3) is 0.714. The zero-order chi connectivity index (χ0) is 13.1. The standard InChI is InChI=1S/C14H24N4/c1-5-7-12-17-13(15-4)9(3)14(18-12)16-11-8-10(11)6-2/h10-11H,5-8H2,1-4H3,(H2,15,16,17,18). The summed E-state index contributed by atoms with van der Waals surface area (Å²) < 4.78 is 0. The van der Waals surface area contributed by atoms with E-state index in [-0.39, 0.29) is 0 Å². The topological polar surface area (TPSA) is 49.8 Å². The average molecular weight is 248 g/mol. The lowest BCUT2D eigenvalue weighted by molar-refractivity contribution is 0.770. The summed E-state index contributed by atoms with van der Waals surface area (Å²) >= 11 is 0. The molecule has 1 saturated carbocycles. The number of aryl methyl sites for hydroxylation is 1. The van der Waals surface area contributed by atoms with Crippen molar-refractivity contribution in [1.82, 2.24) is 9.97 Å². The molecule has 0 aliphatic heterocycles. The minimum atomic E-state index is 0.614. The van der Waals surface area contributed by atoms with Crippen LogP contribution in [0.1, 0.15) is 44.5 Å². The largest absolute Gasteiger partial charge is 0.373 e. The summed E-state index contributed by atoms with van der Waals surface area (Å²) in [5.41, 5.74) is 1.12. The summed E-state index contributed by atoms with van der Waals surface area (Å²) in [4.78, 5) is 9.20. The molecule has 0 saturated heterocycles. The first kappa shape index (κ1) is 13.1. The summed E-state index contributed by atoms with van der Waals surface area (Å²) in [6.45, 7) is 6.48. The SMILES string of the molecule is CCCc1nc(NC)c(C)c(NC2CC2CC)n1. The molecule has 0 spiro atoms.